The van der Waals surface area contributed by atoms with Crippen LogP contribution in [0.25, 0.3) is 0 Å². The van der Waals surface area contributed by atoms with E-state index in [-0.39, 0.29) is 27.9 Å². The van der Waals surface area contributed by atoms with Crippen molar-refractivity contribution in [2.24, 2.45) is 0 Å². The van der Waals surface area contributed by atoms with Gasteiger partial charge >= 0.3 is 80.2 Å². The number of rotatable bonds is 3. The van der Waals surface area contributed by atoms with Crippen molar-refractivity contribution >= 4 is 46.0 Å². The second-order valence-corrected chi connectivity index (χ2v) is 3.44. The van der Waals surface area contributed by atoms with Gasteiger partial charge in [-0.3, -0.25) is 0 Å². The third-order valence-electron chi connectivity index (χ3n) is 1.12. The predicted octanol–water partition coefficient (Wildman–Crippen LogP) is -1.30. The minimum atomic E-state index is -1.83. The molecule has 0 radical (unpaired) electrons. The first-order valence-corrected chi connectivity index (χ1v) is 4.41. The summed E-state index contributed by atoms with van der Waals surface area (Å²) in [5.41, 5.74) is 0. The zero-order valence-electron chi connectivity index (χ0n) is 7.12. The quantitative estimate of drug-likeness (QED) is 0.366. The first-order chi connectivity index (χ1) is 6.20. The van der Waals surface area contributed by atoms with Crippen molar-refractivity contribution in [2.75, 3.05) is 0 Å². The molecule has 0 saturated heterocycles. The van der Waals surface area contributed by atoms with E-state index in [0.29, 0.717) is 0 Å². The third-order valence-corrected chi connectivity index (χ3v) is 2.24. The maximum atomic E-state index is 10.1. The largest absolute Gasteiger partial charge is 0.503 e. The number of hydrogen-bond acceptors (Lipinski definition) is 4. The molecular formula is C5H7NaO8. The fourth-order valence-electron chi connectivity index (χ4n) is 0.349. The molecule has 0 amide bonds. The average Bonchev–Trinajstić information content (AvgIpc) is 2.00. The molecular weight excluding hydrogens is 211 g/mol. The topological polar surface area (TPSA) is 152 Å². The minimum absolute atomic E-state index is 0.125. The summed E-state index contributed by atoms with van der Waals surface area (Å²) < 4.78 is -1.13. The molecule has 0 aromatic rings. The Kier molecular flexibility index (Phi) is 8.44. The molecule has 0 aliphatic rings. The van der Waals surface area contributed by atoms with Crippen molar-refractivity contribution < 1.29 is 39.9 Å². The van der Waals surface area contributed by atoms with Gasteiger partial charge in [0.1, 0.15) is 0 Å². The summed E-state index contributed by atoms with van der Waals surface area (Å²) in [7, 11) is 0. The van der Waals surface area contributed by atoms with Crippen LogP contribution < -0.4 is 0 Å². The summed E-state index contributed by atoms with van der Waals surface area (Å²) in [6.07, 6.45) is -3.59. The Morgan fingerprint density at radius 1 is 0.929 bits per heavy atom. The van der Waals surface area contributed by atoms with E-state index in [1.807, 2.05) is 0 Å². The van der Waals surface area contributed by atoms with Gasteiger partial charge in [0.05, 0.1) is 0 Å². The van der Waals surface area contributed by atoms with Crippen molar-refractivity contribution in [1.82, 2.24) is 0 Å². The van der Waals surface area contributed by atoms with Crippen molar-refractivity contribution in [3.63, 3.8) is 0 Å². The monoisotopic (exact) mass is 218 g/mol. The van der Waals surface area contributed by atoms with Crippen LogP contribution in [0.15, 0.2) is 0 Å². The van der Waals surface area contributed by atoms with E-state index in [4.69, 9.17) is 30.3 Å². The van der Waals surface area contributed by atoms with Gasteiger partial charge in [-0.15, -0.1) is 0 Å². The Labute approximate surface area is 95.2 Å². The summed E-state index contributed by atoms with van der Waals surface area (Å²) in [6.45, 7) is 0. The molecule has 0 aromatic heterocycles. The molecule has 0 fully saturated rings. The second-order valence-electron chi connectivity index (χ2n) is 2.19. The van der Waals surface area contributed by atoms with Gasteiger partial charge in [-0.1, -0.05) is 0 Å². The van der Waals surface area contributed by atoms with E-state index in [1.54, 1.807) is 0 Å². The molecule has 5 N–H and O–H groups in total. The number of carboxylic acids is 2. The van der Waals surface area contributed by atoms with E-state index >= 15 is 0 Å². The van der Waals surface area contributed by atoms with Crippen LogP contribution in [0.3, 0.4) is 0 Å². The van der Waals surface area contributed by atoms with Gasteiger partial charge in [0.15, 0.2) is 0 Å². The Balaban J connectivity index is 0. The van der Waals surface area contributed by atoms with Gasteiger partial charge in [-0.2, -0.15) is 0 Å². The minimum Gasteiger partial charge on any atom is -0.450 e. The molecule has 2 unspecified atom stereocenters. The molecule has 0 aliphatic heterocycles. The maximum absolute atomic E-state index is 10.1. The van der Waals surface area contributed by atoms with Crippen LogP contribution in [0, 0.1) is 0 Å². The molecule has 0 heterocycles. The van der Waals surface area contributed by atoms with Crippen LogP contribution in [0.5, 0.6) is 0 Å². The fraction of sp³-hybridized carbons (Fsp3) is 0.400. The van der Waals surface area contributed by atoms with Gasteiger partial charge in [-0.05, 0) is 0 Å². The first kappa shape index (κ1) is 15.6. The molecule has 2 atom stereocenters. The number of aliphatic hydroxyl groups is 1. The van der Waals surface area contributed by atoms with Crippen LogP contribution in [0.1, 0.15) is 0 Å². The molecule has 0 aliphatic carbocycles. The van der Waals surface area contributed by atoms with Crippen LogP contribution in [0.4, 0.5) is 4.79 Å². The van der Waals surface area contributed by atoms with Gasteiger partial charge in [-0.25, -0.2) is 4.79 Å². The summed E-state index contributed by atoms with van der Waals surface area (Å²) in [5, 5.41) is 38.9. The summed E-state index contributed by atoms with van der Waals surface area (Å²) in [6, 6.07) is 0. The van der Waals surface area contributed by atoms with Crippen LogP contribution in [-0.4, -0.2) is 77.7 Å². The fourth-order valence-corrected chi connectivity index (χ4v) is 0.634. The maximum Gasteiger partial charge on any atom is 0.503 e. The zero-order valence-corrected chi connectivity index (χ0v) is 9.12. The van der Waals surface area contributed by atoms with Gasteiger partial charge in [0.2, 0.25) is 0 Å². The van der Waals surface area contributed by atoms with Crippen LogP contribution in [-0.2, 0) is 9.59 Å². The van der Waals surface area contributed by atoms with Gasteiger partial charge in [0, 0.05) is 0 Å². The number of hydrogen-bond donors (Lipinski definition) is 5. The third kappa shape index (κ3) is 9.26. The number of carbonyl (C=O) groups is 3. The molecule has 0 saturated carbocycles. The Hall–Kier alpha value is -0.830. The predicted molar refractivity (Wildman–Crippen MR) is 41.4 cm³/mol. The molecule has 0 spiro atoms. The van der Waals surface area contributed by atoms with E-state index in [2.05, 4.69) is 0 Å². The molecule has 0 aromatic carbocycles. The number of aliphatic hydroxyl groups excluding tert-OH is 1. The first-order valence-electron chi connectivity index (χ1n) is 3.25. The van der Waals surface area contributed by atoms with Crippen LogP contribution in [0.2, 0.25) is 3.17 Å². The Bertz CT molecular complexity index is 204. The average molecular weight is 218 g/mol. The second kappa shape index (κ2) is 7.56. The van der Waals surface area contributed by atoms with Crippen molar-refractivity contribution in [1.29, 1.82) is 0 Å². The molecule has 0 bridgehead atoms. The normalized spacial score (nSPS) is 13.1. The van der Waals surface area contributed by atoms with Crippen LogP contribution >= 0.6 is 0 Å². The Morgan fingerprint density at radius 3 is 1.29 bits per heavy atom. The standard InChI is InChI=1S/C4H5O5.CH2O3.Na/c5-2(4(8)9)1-3(6)7;2-1(3)4;/h1-2,5H,(H,6,7)(H,8,9);(H2,2,3,4);. The SMILES string of the molecule is O=C(O)C(O)[CH]([Na])C(=O)O.O=C(O)O. The molecule has 14 heavy (non-hydrogen) atoms. The van der Waals surface area contributed by atoms with Gasteiger partial charge in [0.25, 0.3) is 0 Å². The number of aliphatic carboxylic acids is 2. The summed E-state index contributed by atoms with van der Waals surface area (Å²) in [4.78, 5) is 28.6. The molecule has 8 nitrogen and oxygen atoms in total. The summed E-state index contributed by atoms with van der Waals surface area (Å²) >= 11 is 0.125. The zero-order chi connectivity index (χ0) is 11.9. The molecule has 76 valence electrons. The van der Waals surface area contributed by atoms with Gasteiger partial charge < -0.3 is 10.2 Å². The van der Waals surface area contributed by atoms with E-state index in [0.717, 1.165) is 0 Å². The van der Waals surface area contributed by atoms with Crippen molar-refractivity contribution in [2.45, 2.75) is 9.27 Å². The molecule has 9 heteroatoms. The summed E-state index contributed by atoms with van der Waals surface area (Å²) in [5.74, 6) is -2.75. The van der Waals surface area contributed by atoms with Crippen molar-refractivity contribution in [3.8, 4) is 0 Å². The smallest absolute Gasteiger partial charge is 0.450 e. The van der Waals surface area contributed by atoms with E-state index in [9.17, 15) is 9.59 Å². The molecule has 0 rings (SSSR count). The van der Waals surface area contributed by atoms with E-state index < -0.39 is 27.4 Å². The van der Waals surface area contributed by atoms with Crippen molar-refractivity contribution in [3.05, 3.63) is 0 Å². The Morgan fingerprint density at radius 2 is 1.21 bits per heavy atom. The number of carboxylic acid groups (broad SMARTS) is 4. The van der Waals surface area contributed by atoms with E-state index in [1.165, 1.54) is 0 Å².